The Kier molecular flexibility index (Phi) is 8.55. The largest absolute Gasteiger partial charge is 0.490 e. The van der Waals surface area contributed by atoms with Crippen LogP contribution in [0.1, 0.15) is 126 Å². The smallest absolute Gasteiger partial charge is 0.126 e. The number of epoxide rings is 2. The number of benzene rings is 2. The van der Waals surface area contributed by atoms with Crippen molar-refractivity contribution >= 4 is 0 Å². The Morgan fingerprint density at radius 1 is 0.579 bits per heavy atom. The summed E-state index contributed by atoms with van der Waals surface area (Å²) in [4.78, 5) is 0. The van der Waals surface area contributed by atoms with Gasteiger partial charge in [-0.15, -0.1) is 0 Å². The molecule has 4 nitrogen and oxygen atoms in total. The van der Waals surface area contributed by atoms with Crippen molar-refractivity contribution in [1.82, 2.24) is 0 Å². The molecule has 2 heterocycles. The van der Waals surface area contributed by atoms with Gasteiger partial charge in [-0.3, -0.25) is 0 Å². The molecule has 0 amide bonds. The van der Waals surface area contributed by atoms with Crippen LogP contribution in [0.4, 0.5) is 0 Å². The summed E-state index contributed by atoms with van der Waals surface area (Å²) in [5.41, 5.74) is 7.75. The lowest BCUT2D eigenvalue weighted by atomic mass is 9.88. The average molecular weight is 523 g/mol. The fraction of sp³-hybridized carbons (Fsp3) is 0.647. The van der Waals surface area contributed by atoms with Crippen LogP contribution < -0.4 is 9.47 Å². The van der Waals surface area contributed by atoms with E-state index < -0.39 is 0 Å². The molecule has 2 unspecified atom stereocenters. The van der Waals surface area contributed by atoms with Crippen LogP contribution in [0.15, 0.2) is 24.3 Å². The fourth-order valence-electron chi connectivity index (χ4n) is 4.97. The zero-order valence-electron chi connectivity index (χ0n) is 25.5. The predicted octanol–water partition coefficient (Wildman–Crippen LogP) is 8.30. The Balaban J connectivity index is 1.60. The molecule has 38 heavy (non-hydrogen) atoms. The predicted molar refractivity (Wildman–Crippen MR) is 156 cm³/mol. The van der Waals surface area contributed by atoms with Gasteiger partial charge in [-0.1, -0.05) is 79.7 Å². The van der Waals surface area contributed by atoms with Gasteiger partial charge in [0, 0.05) is 0 Å². The van der Waals surface area contributed by atoms with Gasteiger partial charge in [0.05, 0.1) is 13.2 Å². The van der Waals surface area contributed by atoms with Gasteiger partial charge < -0.3 is 18.9 Å². The van der Waals surface area contributed by atoms with Crippen LogP contribution in [0.2, 0.25) is 0 Å². The molecule has 0 aromatic heterocycles. The number of hydrogen-bond acceptors (Lipinski definition) is 4. The molecule has 4 heteroatoms. The van der Waals surface area contributed by atoms with Crippen molar-refractivity contribution in [3.8, 4) is 11.5 Å². The van der Waals surface area contributed by atoms with E-state index in [2.05, 4.69) is 93.5 Å². The first-order valence-electron chi connectivity index (χ1n) is 14.7. The van der Waals surface area contributed by atoms with Crippen LogP contribution in [0.25, 0.3) is 0 Å². The van der Waals surface area contributed by atoms with Crippen molar-refractivity contribution in [2.75, 3.05) is 26.4 Å². The van der Waals surface area contributed by atoms with E-state index in [1.165, 1.54) is 33.4 Å². The molecule has 2 aromatic rings. The molecule has 2 saturated heterocycles. The molecular weight excluding hydrogens is 472 g/mol. The molecule has 2 aliphatic rings. The average Bonchev–Trinajstić information content (AvgIpc) is 3.78. The van der Waals surface area contributed by atoms with Crippen LogP contribution in [0.3, 0.4) is 0 Å². The molecule has 0 spiro atoms. The Morgan fingerprint density at radius 3 is 1.05 bits per heavy atom. The number of rotatable bonds is 13. The minimum atomic E-state index is -0.122. The second-order valence-corrected chi connectivity index (χ2v) is 13.4. The highest BCUT2D eigenvalue weighted by Crippen LogP contribution is 2.40. The van der Waals surface area contributed by atoms with Gasteiger partial charge in [0.2, 0.25) is 0 Å². The molecule has 2 atom stereocenters. The quantitative estimate of drug-likeness (QED) is 0.248. The van der Waals surface area contributed by atoms with Crippen molar-refractivity contribution in [2.24, 2.45) is 0 Å². The van der Waals surface area contributed by atoms with Crippen LogP contribution in [-0.4, -0.2) is 37.6 Å². The highest BCUT2D eigenvalue weighted by atomic mass is 16.6. The van der Waals surface area contributed by atoms with Crippen molar-refractivity contribution < 1.29 is 18.9 Å². The molecule has 0 radical (unpaired) electrons. The molecule has 2 aromatic carbocycles. The number of ether oxygens (including phenoxy) is 4. The van der Waals surface area contributed by atoms with E-state index in [1.807, 2.05) is 0 Å². The van der Waals surface area contributed by atoms with Crippen molar-refractivity contribution in [1.29, 1.82) is 0 Å². The van der Waals surface area contributed by atoms with Crippen molar-refractivity contribution in [2.45, 2.75) is 117 Å². The Labute approximate surface area is 231 Å². The molecule has 2 aliphatic heterocycles. The molecular formula is C34H50O4. The van der Waals surface area contributed by atoms with Crippen LogP contribution >= 0.6 is 0 Å². The molecule has 210 valence electrons. The summed E-state index contributed by atoms with van der Waals surface area (Å²) in [6.07, 6.45) is 2.00. The van der Waals surface area contributed by atoms with Gasteiger partial charge in [-0.25, -0.2) is 0 Å². The van der Waals surface area contributed by atoms with E-state index in [-0.39, 0.29) is 11.2 Å². The summed E-state index contributed by atoms with van der Waals surface area (Å²) in [5, 5.41) is 0. The van der Waals surface area contributed by atoms with Crippen LogP contribution in [0, 0.1) is 0 Å². The molecule has 0 N–H and O–H groups in total. The summed E-state index contributed by atoms with van der Waals surface area (Å²) < 4.78 is 24.0. The Hall–Kier alpha value is -2.04. The summed E-state index contributed by atoms with van der Waals surface area (Å²) in [5.74, 6) is 3.70. The standard InChI is InChI=1S/C34H50O4/c1-21(2)27-13-25(14-28(22(3)4)31(27)35-17-33(9)19-37-33)11-12-26-15-29(23(5)6)32(30(16-26)24(7)8)36-18-34(10)20-38-34/h13-16,21-24H,11-12,17-20H2,1-10H3. The molecule has 0 bridgehead atoms. The van der Waals surface area contributed by atoms with E-state index in [9.17, 15) is 0 Å². The van der Waals surface area contributed by atoms with Gasteiger partial charge >= 0.3 is 0 Å². The normalized spacial score (nSPS) is 22.6. The minimum absolute atomic E-state index is 0.122. The van der Waals surface area contributed by atoms with E-state index in [4.69, 9.17) is 18.9 Å². The fourth-order valence-corrected chi connectivity index (χ4v) is 4.97. The van der Waals surface area contributed by atoms with Crippen LogP contribution in [-0.2, 0) is 22.3 Å². The minimum Gasteiger partial charge on any atom is -0.490 e. The maximum Gasteiger partial charge on any atom is 0.126 e. The van der Waals surface area contributed by atoms with Gasteiger partial charge in [-0.05, 0) is 83.7 Å². The second kappa shape index (κ2) is 11.2. The highest BCUT2D eigenvalue weighted by molar-refractivity contribution is 5.50. The molecule has 0 aliphatic carbocycles. The lowest BCUT2D eigenvalue weighted by Crippen LogP contribution is -2.19. The maximum absolute atomic E-state index is 6.44. The Morgan fingerprint density at radius 2 is 0.842 bits per heavy atom. The van der Waals surface area contributed by atoms with E-state index in [0.717, 1.165) is 37.6 Å². The van der Waals surface area contributed by atoms with Gasteiger partial charge in [0.25, 0.3) is 0 Å². The third kappa shape index (κ3) is 6.93. The third-order valence-corrected chi connectivity index (χ3v) is 7.92. The van der Waals surface area contributed by atoms with Crippen molar-refractivity contribution in [3.05, 3.63) is 57.6 Å². The number of hydrogen-bond donors (Lipinski definition) is 0. The van der Waals surface area contributed by atoms with Crippen LogP contribution in [0.5, 0.6) is 11.5 Å². The first kappa shape index (κ1) is 29.0. The van der Waals surface area contributed by atoms with E-state index in [1.54, 1.807) is 0 Å². The first-order chi connectivity index (χ1) is 17.8. The van der Waals surface area contributed by atoms with E-state index in [0.29, 0.717) is 36.9 Å². The maximum atomic E-state index is 6.44. The molecule has 4 rings (SSSR count). The first-order valence-corrected chi connectivity index (χ1v) is 14.7. The van der Waals surface area contributed by atoms with Gasteiger partial charge in [0.1, 0.15) is 35.9 Å². The summed E-state index contributed by atoms with van der Waals surface area (Å²) in [6.45, 7) is 25.2. The summed E-state index contributed by atoms with van der Waals surface area (Å²) >= 11 is 0. The monoisotopic (exact) mass is 522 g/mol. The lowest BCUT2D eigenvalue weighted by Gasteiger charge is -2.24. The number of aryl methyl sites for hydroxylation is 2. The highest BCUT2D eigenvalue weighted by Gasteiger charge is 2.41. The lowest BCUT2D eigenvalue weighted by molar-refractivity contribution is 0.199. The molecule has 2 fully saturated rings. The molecule has 0 saturated carbocycles. The Bertz CT molecular complexity index is 972. The van der Waals surface area contributed by atoms with Crippen molar-refractivity contribution in [3.63, 3.8) is 0 Å². The van der Waals surface area contributed by atoms with Gasteiger partial charge in [0.15, 0.2) is 0 Å². The summed E-state index contributed by atoms with van der Waals surface area (Å²) in [7, 11) is 0. The topological polar surface area (TPSA) is 43.5 Å². The second-order valence-electron chi connectivity index (χ2n) is 13.4. The third-order valence-electron chi connectivity index (χ3n) is 7.92. The summed E-state index contributed by atoms with van der Waals surface area (Å²) in [6, 6.07) is 9.51. The van der Waals surface area contributed by atoms with E-state index >= 15 is 0 Å². The zero-order valence-corrected chi connectivity index (χ0v) is 25.5. The SMILES string of the molecule is CC(C)c1cc(CCc2cc(C(C)C)c(OCC3(C)CO3)c(C(C)C)c2)cc(C(C)C)c1OCC1(C)CO1. The zero-order chi connectivity index (χ0) is 27.8. The van der Waals surface area contributed by atoms with Gasteiger partial charge in [-0.2, -0.15) is 0 Å².